The maximum absolute atomic E-state index is 12.9. The van der Waals surface area contributed by atoms with Crippen molar-refractivity contribution in [2.24, 2.45) is 0 Å². The van der Waals surface area contributed by atoms with Gasteiger partial charge in [-0.3, -0.25) is 0 Å². The van der Waals surface area contributed by atoms with Crippen LogP contribution in [0.1, 0.15) is 28.3 Å². The van der Waals surface area contributed by atoms with Crippen LogP contribution in [0.25, 0.3) is 0 Å². The molecule has 0 saturated carbocycles. The van der Waals surface area contributed by atoms with Gasteiger partial charge >= 0.3 is 6.18 Å². The van der Waals surface area contributed by atoms with Gasteiger partial charge in [0, 0.05) is 17.5 Å². The van der Waals surface area contributed by atoms with E-state index in [0.717, 1.165) is 29.2 Å². The first-order valence-electron chi connectivity index (χ1n) is 9.06. The Morgan fingerprint density at radius 1 is 0.962 bits per heavy atom. The quantitative estimate of drug-likeness (QED) is 0.466. The van der Waals surface area contributed by atoms with Crippen LogP contribution in [-0.4, -0.2) is 25.8 Å². The van der Waals surface area contributed by atoms with Crippen LogP contribution in [0.5, 0.6) is 0 Å². The zero-order chi connectivity index (χ0) is 19.2. The van der Waals surface area contributed by atoms with Crippen molar-refractivity contribution in [1.29, 1.82) is 0 Å². The van der Waals surface area contributed by atoms with Crippen molar-refractivity contribution in [3.63, 3.8) is 0 Å². The number of halogens is 3. The van der Waals surface area contributed by atoms with Crippen LogP contribution in [-0.2, 0) is 19.1 Å². The molecule has 0 aromatic heterocycles. The molecule has 0 bridgehead atoms. The Kier molecular flexibility index (Phi) is 4.82. The fourth-order valence-corrected chi connectivity index (χ4v) is 6.96. The van der Waals surface area contributed by atoms with E-state index in [1.807, 2.05) is 0 Å². The minimum atomic E-state index is -4.28. The first-order chi connectivity index (χ1) is 12.0. The predicted molar refractivity (Wildman–Crippen MR) is 102 cm³/mol. The minimum Gasteiger partial charge on any atom is -0.319 e. The number of nitrogens with zero attached hydrogens (tertiary/aromatic N) is 1. The Labute approximate surface area is 155 Å². The Bertz CT molecular complexity index is 777. The van der Waals surface area contributed by atoms with E-state index in [4.69, 9.17) is 0 Å². The lowest BCUT2D eigenvalue weighted by molar-refractivity contribution is -0.945. The highest BCUT2D eigenvalue weighted by Crippen LogP contribution is 2.40. The van der Waals surface area contributed by atoms with Crippen LogP contribution in [0.4, 0.5) is 13.2 Å². The fourth-order valence-electron chi connectivity index (χ4n) is 4.46. The van der Waals surface area contributed by atoms with Gasteiger partial charge in [-0.25, -0.2) is 0 Å². The van der Waals surface area contributed by atoms with Crippen LogP contribution in [0, 0.1) is 0 Å². The van der Waals surface area contributed by atoms with Crippen molar-refractivity contribution in [1.82, 2.24) is 0 Å². The summed E-state index contributed by atoms with van der Waals surface area (Å²) in [5.41, 5.74) is 3.13. The molecule has 0 N–H and O–H groups in total. The number of benzene rings is 2. The second kappa shape index (κ2) is 6.53. The van der Waals surface area contributed by atoms with Gasteiger partial charge in [-0.05, 0) is 17.7 Å². The first kappa shape index (κ1) is 19.2. The second-order valence-corrected chi connectivity index (χ2v) is 14.4. The SMILES string of the molecule is C[N@+]1(C[Si](C)(C)C)Cc2ccccc2C[C@@H]1c1ccc(C(F)(F)F)cc1. The summed E-state index contributed by atoms with van der Waals surface area (Å²) in [6, 6.07) is 14.5. The molecule has 1 heterocycles. The van der Waals surface area contributed by atoms with Crippen LogP contribution in [0.2, 0.25) is 19.6 Å². The predicted octanol–water partition coefficient (Wildman–Crippen LogP) is 5.83. The molecule has 0 radical (unpaired) electrons. The third-order valence-electron chi connectivity index (χ3n) is 5.27. The summed E-state index contributed by atoms with van der Waals surface area (Å²) < 4.78 is 39.7. The van der Waals surface area contributed by atoms with Crippen molar-refractivity contribution >= 4 is 8.07 Å². The molecule has 1 aliphatic heterocycles. The maximum atomic E-state index is 12.9. The van der Waals surface area contributed by atoms with Crippen molar-refractivity contribution < 1.29 is 17.7 Å². The van der Waals surface area contributed by atoms with Crippen LogP contribution < -0.4 is 0 Å². The number of quaternary nitrogens is 1. The summed E-state index contributed by atoms with van der Waals surface area (Å²) >= 11 is 0. The molecule has 2 atom stereocenters. The molecule has 0 fully saturated rings. The van der Waals surface area contributed by atoms with E-state index in [1.54, 1.807) is 12.1 Å². The summed E-state index contributed by atoms with van der Waals surface area (Å²) in [6.07, 6.45) is -2.30. The smallest absolute Gasteiger partial charge is 0.319 e. The highest BCUT2D eigenvalue weighted by molar-refractivity contribution is 6.76. The summed E-state index contributed by atoms with van der Waals surface area (Å²) in [7, 11) is 0.913. The zero-order valence-electron chi connectivity index (χ0n) is 15.9. The largest absolute Gasteiger partial charge is 0.416 e. The maximum Gasteiger partial charge on any atom is 0.416 e. The summed E-state index contributed by atoms with van der Waals surface area (Å²) in [6.45, 7) is 8.02. The van der Waals surface area contributed by atoms with Gasteiger partial charge in [-0.2, -0.15) is 13.2 Å². The summed E-state index contributed by atoms with van der Waals surface area (Å²) in [5.74, 6) is 0. The molecule has 0 aliphatic carbocycles. The molecule has 0 amide bonds. The zero-order valence-corrected chi connectivity index (χ0v) is 16.9. The molecule has 0 saturated heterocycles. The van der Waals surface area contributed by atoms with Gasteiger partial charge in [0.2, 0.25) is 0 Å². The van der Waals surface area contributed by atoms with Gasteiger partial charge in [0.05, 0.1) is 18.8 Å². The number of rotatable bonds is 3. The lowest BCUT2D eigenvalue weighted by atomic mass is 9.88. The van der Waals surface area contributed by atoms with Crippen LogP contribution in [0.15, 0.2) is 48.5 Å². The van der Waals surface area contributed by atoms with Crippen molar-refractivity contribution in [3.05, 3.63) is 70.8 Å². The number of hydrogen-bond acceptors (Lipinski definition) is 0. The normalized spacial score (nSPS) is 23.6. The highest BCUT2D eigenvalue weighted by atomic mass is 28.3. The number of hydrogen-bond donors (Lipinski definition) is 0. The van der Waals surface area contributed by atoms with Crippen LogP contribution >= 0.6 is 0 Å². The molecule has 5 heteroatoms. The molecule has 3 rings (SSSR count). The average Bonchev–Trinajstić information content (AvgIpc) is 2.51. The van der Waals surface area contributed by atoms with Gasteiger partial charge in [-0.15, -0.1) is 0 Å². The first-order valence-corrected chi connectivity index (χ1v) is 12.8. The van der Waals surface area contributed by atoms with Gasteiger partial charge in [0.15, 0.2) is 0 Å². The van der Waals surface area contributed by atoms with Gasteiger partial charge in [0.1, 0.15) is 20.7 Å². The number of likely N-dealkylation sites (N-methyl/N-ethyl adjacent to an activating group) is 1. The lowest BCUT2D eigenvalue weighted by Gasteiger charge is -2.48. The average molecular weight is 379 g/mol. The van der Waals surface area contributed by atoms with E-state index in [1.165, 1.54) is 23.3 Å². The van der Waals surface area contributed by atoms with E-state index >= 15 is 0 Å². The Hall–Kier alpha value is -1.59. The van der Waals surface area contributed by atoms with E-state index in [9.17, 15) is 13.2 Å². The van der Waals surface area contributed by atoms with Crippen molar-refractivity contribution in [2.45, 2.75) is 44.8 Å². The standard InChI is InChI=1S/C21H27F3NSi/c1-25(15-26(2,3)4)14-18-8-6-5-7-17(18)13-20(25)16-9-11-19(12-10-16)21(22,23)24/h5-12,20H,13-15H2,1-4H3/q+1/t20-,25-/m1/s1. The molecule has 0 unspecified atom stereocenters. The van der Waals surface area contributed by atoms with Gasteiger partial charge < -0.3 is 4.48 Å². The van der Waals surface area contributed by atoms with E-state index < -0.39 is 19.8 Å². The van der Waals surface area contributed by atoms with E-state index in [0.29, 0.717) is 0 Å². The van der Waals surface area contributed by atoms with Gasteiger partial charge in [0.25, 0.3) is 0 Å². The van der Waals surface area contributed by atoms with Crippen molar-refractivity contribution in [2.75, 3.05) is 13.2 Å². The Morgan fingerprint density at radius 3 is 2.08 bits per heavy atom. The number of alkyl halides is 3. The molecule has 26 heavy (non-hydrogen) atoms. The molecular weight excluding hydrogens is 351 g/mol. The molecule has 140 valence electrons. The van der Waals surface area contributed by atoms with E-state index in [-0.39, 0.29) is 6.04 Å². The van der Waals surface area contributed by atoms with E-state index in [2.05, 4.69) is 51.0 Å². The third kappa shape index (κ3) is 4.04. The molecule has 1 nitrogen and oxygen atoms in total. The number of fused-ring (bicyclic) bond motifs is 1. The lowest BCUT2D eigenvalue weighted by Crippen LogP contribution is -2.56. The molecule has 2 aromatic rings. The molecule has 2 aromatic carbocycles. The molecule has 0 spiro atoms. The minimum absolute atomic E-state index is 0.193. The molecule has 1 aliphatic rings. The Balaban J connectivity index is 2.01. The second-order valence-electron chi connectivity index (χ2n) is 8.96. The molecular formula is C21H27F3NSi+. The van der Waals surface area contributed by atoms with Crippen LogP contribution in [0.3, 0.4) is 0 Å². The summed E-state index contributed by atoms with van der Waals surface area (Å²) in [4.78, 5) is 0. The van der Waals surface area contributed by atoms with Crippen molar-refractivity contribution in [3.8, 4) is 0 Å². The fraction of sp³-hybridized carbons (Fsp3) is 0.429. The third-order valence-corrected chi connectivity index (χ3v) is 6.95. The summed E-state index contributed by atoms with van der Waals surface area (Å²) in [5, 5.41) is 0. The highest BCUT2D eigenvalue weighted by Gasteiger charge is 2.42. The van der Waals surface area contributed by atoms with Gasteiger partial charge in [-0.1, -0.05) is 56.0 Å². The monoisotopic (exact) mass is 378 g/mol. The Morgan fingerprint density at radius 2 is 1.54 bits per heavy atom. The topological polar surface area (TPSA) is 0 Å².